The Kier molecular flexibility index (Phi) is 4.80. The summed E-state index contributed by atoms with van der Waals surface area (Å²) < 4.78 is 5.37. The number of nitrogens with zero attached hydrogens (tertiary/aromatic N) is 2. The molecule has 1 aliphatic heterocycles. The number of hydrogen-bond acceptors (Lipinski definition) is 4. The number of nitrogens with two attached hydrogens (primary N) is 1. The maximum absolute atomic E-state index is 5.66. The summed E-state index contributed by atoms with van der Waals surface area (Å²) in [5, 5.41) is 0. The highest BCUT2D eigenvalue weighted by atomic mass is 16.3. The lowest BCUT2D eigenvalue weighted by Crippen LogP contribution is -2.36. The fourth-order valence-electron chi connectivity index (χ4n) is 2.77. The maximum Gasteiger partial charge on any atom is 0.121 e. The van der Waals surface area contributed by atoms with Gasteiger partial charge in [0.05, 0.1) is 12.8 Å². The van der Waals surface area contributed by atoms with Crippen molar-refractivity contribution >= 4 is 0 Å². The highest BCUT2D eigenvalue weighted by Crippen LogP contribution is 2.21. The lowest BCUT2D eigenvalue weighted by atomic mass is 9.96. The summed E-state index contributed by atoms with van der Waals surface area (Å²) in [5.74, 6) is 1.79. The Balaban J connectivity index is 1.80. The molecule has 1 aliphatic rings. The van der Waals surface area contributed by atoms with Crippen molar-refractivity contribution in [3.8, 4) is 0 Å². The van der Waals surface area contributed by atoms with Gasteiger partial charge in [0.2, 0.25) is 0 Å². The lowest BCUT2D eigenvalue weighted by Gasteiger charge is -2.33. The van der Waals surface area contributed by atoms with Crippen LogP contribution in [0.5, 0.6) is 0 Å². The predicted octanol–water partition coefficient (Wildman–Crippen LogP) is 1.51. The molecule has 0 amide bonds. The van der Waals surface area contributed by atoms with Gasteiger partial charge in [-0.25, -0.2) is 0 Å². The SMILES string of the molecule is CN(C)CC1CCN(Cc2ccoc2CN)CC1. The molecule has 0 aliphatic carbocycles. The van der Waals surface area contributed by atoms with Gasteiger partial charge in [-0.15, -0.1) is 0 Å². The second-order valence-corrected chi connectivity index (χ2v) is 5.55. The number of furan rings is 1. The van der Waals surface area contributed by atoms with Crippen molar-refractivity contribution in [2.45, 2.75) is 25.9 Å². The molecule has 0 bridgehead atoms. The summed E-state index contributed by atoms with van der Waals surface area (Å²) in [6.07, 6.45) is 4.35. The molecule has 1 aromatic heterocycles. The fraction of sp³-hybridized carbons (Fsp3) is 0.714. The summed E-state index contributed by atoms with van der Waals surface area (Å²) in [4.78, 5) is 4.80. The summed E-state index contributed by atoms with van der Waals surface area (Å²) >= 11 is 0. The first-order valence-electron chi connectivity index (χ1n) is 6.81. The summed E-state index contributed by atoms with van der Waals surface area (Å²) in [6, 6.07) is 2.05. The zero-order chi connectivity index (χ0) is 13.0. The molecule has 102 valence electrons. The summed E-state index contributed by atoms with van der Waals surface area (Å²) in [7, 11) is 4.32. The van der Waals surface area contributed by atoms with Crippen molar-refractivity contribution < 1.29 is 4.42 Å². The Hall–Kier alpha value is -0.840. The molecule has 2 N–H and O–H groups in total. The fourth-order valence-corrected chi connectivity index (χ4v) is 2.77. The average molecular weight is 251 g/mol. The molecular formula is C14H25N3O. The molecule has 2 rings (SSSR count). The smallest absolute Gasteiger partial charge is 0.121 e. The first kappa shape index (κ1) is 13.6. The van der Waals surface area contributed by atoms with Crippen LogP contribution in [0.2, 0.25) is 0 Å². The minimum absolute atomic E-state index is 0.499. The van der Waals surface area contributed by atoms with Crippen LogP contribution in [-0.2, 0) is 13.1 Å². The lowest BCUT2D eigenvalue weighted by molar-refractivity contribution is 0.156. The van der Waals surface area contributed by atoms with E-state index in [1.807, 2.05) is 6.07 Å². The van der Waals surface area contributed by atoms with E-state index in [1.165, 1.54) is 38.0 Å². The third-order valence-electron chi connectivity index (χ3n) is 3.75. The first-order valence-corrected chi connectivity index (χ1v) is 6.81. The standard InChI is InChI=1S/C14H25N3O/c1-16(2)10-12-3-6-17(7-4-12)11-13-5-8-18-14(13)9-15/h5,8,12H,3-4,6-7,9-11,15H2,1-2H3. The van der Waals surface area contributed by atoms with Crippen LogP contribution in [0.25, 0.3) is 0 Å². The van der Waals surface area contributed by atoms with Crippen LogP contribution >= 0.6 is 0 Å². The molecule has 0 radical (unpaired) electrons. The van der Waals surface area contributed by atoms with E-state index in [-0.39, 0.29) is 0 Å². The van der Waals surface area contributed by atoms with Gasteiger partial charge in [0.25, 0.3) is 0 Å². The average Bonchev–Trinajstić information content (AvgIpc) is 2.78. The van der Waals surface area contributed by atoms with Crippen molar-refractivity contribution in [3.05, 3.63) is 23.7 Å². The van der Waals surface area contributed by atoms with E-state index >= 15 is 0 Å². The van der Waals surface area contributed by atoms with Gasteiger partial charge in [-0.3, -0.25) is 4.90 Å². The molecule has 18 heavy (non-hydrogen) atoms. The van der Waals surface area contributed by atoms with E-state index in [2.05, 4.69) is 23.9 Å². The molecule has 4 heteroatoms. The van der Waals surface area contributed by atoms with Crippen LogP contribution in [0.15, 0.2) is 16.7 Å². The van der Waals surface area contributed by atoms with E-state index in [4.69, 9.17) is 10.2 Å². The Bertz CT molecular complexity index is 354. The second kappa shape index (κ2) is 6.36. The molecule has 0 unspecified atom stereocenters. The van der Waals surface area contributed by atoms with Crippen LogP contribution in [0.3, 0.4) is 0 Å². The van der Waals surface area contributed by atoms with Crippen LogP contribution < -0.4 is 5.73 Å². The van der Waals surface area contributed by atoms with Crippen LogP contribution in [0, 0.1) is 5.92 Å². The highest BCUT2D eigenvalue weighted by Gasteiger charge is 2.20. The Morgan fingerprint density at radius 1 is 1.39 bits per heavy atom. The van der Waals surface area contributed by atoms with Gasteiger partial charge in [0.15, 0.2) is 0 Å². The molecule has 0 saturated carbocycles. The summed E-state index contributed by atoms with van der Waals surface area (Å²) in [6.45, 7) is 5.08. The third kappa shape index (κ3) is 3.57. The van der Waals surface area contributed by atoms with Crippen molar-refractivity contribution in [1.82, 2.24) is 9.80 Å². The van der Waals surface area contributed by atoms with Crippen molar-refractivity contribution in [2.75, 3.05) is 33.7 Å². The van der Waals surface area contributed by atoms with E-state index in [1.54, 1.807) is 6.26 Å². The predicted molar refractivity (Wildman–Crippen MR) is 73.2 cm³/mol. The molecule has 0 aromatic carbocycles. The number of hydrogen-bond donors (Lipinski definition) is 1. The monoisotopic (exact) mass is 251 g/mol. The molecule has 1 fully saturated rings. The Morgan fingerprint density at radius 2 is 2.11 bits per heavy atom. The topological polar surface area (TPSA) is 45.6 Å². The number of rotatable bonds is 5. The van der Waals surface area contributed by atoms with E-state index in [0.29, 0.717) is 6.54 Å². The highest BCUT2D eigenvalue weighted by molar-refractivity contribution is 5.16. The molecule has 0 atom stereocenters. The largest absolute Gasteiger partial charge is 0.468 e. The minimum atomic E-state index is 0.499. The molecule has 1 aromatic rings. The van der Waals surface area contributed by atoms with Crippen LogP contribution in [0.1, 0.15) is 24.2 Å². The third-order valence-corrected chi connectivity index (χ3v) is 3.75. The van der Waals surface area contributed by atoms with Crippen LogP contribution in [-0.4, -0.2) is 43.5 Å². The quantitative estimate of drug-likeness (QED) is 0.861. The second-order valence-electron chi connectivity index (χ2n) is 5.55. The van der Waals surface area contributed by atoms with E-state index in [9.17, 15) is 0 Å². The maximum atomic E-state index is 5.66. The normalized spacial score (nSPS) is 18.7. The van der Waals surface area contributed by atoms with Gasteiger partial charge in [-0.2, -0.15) is 0 Å². The van der Waals surface area contributed by atoms with Gasteiger partial charge in [-0.1, -0.05) is 0 Å². The van der Waals surface area contributed by atoms with Crippen molar-refractivity contribution in [3.63, 3.8) is 0 Å². The molecule has 1 saturated heterocycles. The van der Waals surface area contributed by atoms with E-state index in [0.717, 1.165) is 18.2 Å². The molecule has 0 spiro atoms. The Morgan fingerprint density at radius 3 is 2.72 bits per heavy atom. The first-order chi connectivity index (χ1) is 8.69. The number of piperidine rings is 1. The molecular weight excluding hydrogens is 226 g/mol. The van der Waals surface area contributed by atoms with Gasteiger partial charge in [-0.05, 0) is 52.0 Å². The molecule has 4 nitrogen and oxygen atoms in total. The number of likely N-dealkylation sites (tertiary alicyclic amines) is 1. The van der Waals surface area contributed by atoms with Gasteiger partial charge in [0.1, 0.15) is 5.76 Å². The van der Waals surface area contributed by atoms with E-state index < -0.39 is 0 Å². The van der Waals surface area contributed by atoms with Gasteiger partial charge >= 0.3 is 0 Å². The zero-order valence-corrected chi connectivity index (χ0v) is 11.6. The van der Waals surface area contributed by atoms with Gasteiger partial charge in [0, 0.05) is 18.7 Å². The minimum Gasteiger partial charge on any atom is -0.468 e. The Labute approximate surface area is 110 Å². The van der Waals surface area contributed by atoms with Crippen molar-refractivity contribution in [2.24, 2.45) is 11.7 Å². The van der Waals surface area contributed by atoms with Gasteiger partial charge < -0.3 is 15.1 Å². The van der Waals surface area contributed by atoms with Crippen molar-refractivity contribution in [1.29, 1.82) is 0 Å². The summed E-state index contributed by atoms with van der Waals surface area (Å²) in [5.41, 5.74) is 6.91. The van der Waals surface area contributed by atoms with Crippen LogP contribution in [0.4, 0.5) is 0 Å². The molecule has 2 heterocycles. The zero-order valence-electron chi connectivity index (χ0n) is 11.6.